The highest BCUT2D eigenvalue weighted by Gasteiger charge is 2.18. The lowest BCUT2D eigenvalue weighted by atomic mass is 9.96. The van der Waals surface area contributed by atoms with Crippen molar-refractivity contribution in [1.29, 1.82) is 0 Å². The van der Waals surface area contributed by atoms with E-state index >= 15 is 0 Å². The van der Waals surface area contributed by atoms with E-state index in [1.807, 2.05) is 12.1 Å². The number of aromatic nitrogens is 2. The van der Waals surface area contributed by atoms with Crippen LogP contribution >= 0.6 is 0 Å². The highest BCUT2D eigenvalue weighted by molar-refractivity contribution is 5.76. The molecule has 4 heteroatoms. The number of H-pyrrole nitrogens is 1. The minimum absolute atomic E-state index is 0.00247. The van der Waals surface area contributed by atoms with Gasteiger partial charge in [-0.3, -0.25) is 4.79 Å². The van der Waals surface area contributed by atoms with E-state index in [9.17, 15) is 4.79 Å². The number of rotatable bonds is 4. The normalized spacial score (nSPS) is 11.9. The first kappa shape index (κ1) is 13.6. The van der Waals surface area contributed by atoms with E-state index in [4.69, 9.17) is 5.11 Å². The maximum atomic E-state index is 10.5. The van der Waals surface area contributed by atoms with Crippen molar-refractivity contribution in [2.45, 2.75) is 45.4 Å². The van der Waals surface area contributed by atoms with Gasteiger partial charge in [-0.25, -0.2) is 4.98 Å². The van der Waals surface area contributed by atoms with Gasteiger partial charge in [0.15, 0.2) is 0 Å². The number of aryl methyl sites for hydroxylation is 1. The van der Waals surface area contributed by atoms with Crippen LogP contribution in [0.15, 0.2) is 18.2 Å². The van der Waals surface area contributed by atoms with Crippen LogP contribution in [0.2, 0.25) is 0 Å². The monoisotopic (exact) mass is 260 g/mol. The molecule has 0 spiro atoms. The van der Waals surface area contributed by atoms with Crippen molar-refractivity contribution < 1.29 is 9.90 Å². The Kier molecular flexibility index (Phi) is 3.60. The smallest absolute Gasteiger partial charge is 0.303 e. The second kappa shape index (κ2) is 5.03. The molecule has 19 heavy (non-hydrogen) atoms. The molecule has 0 unspecified atom stereocenters. The summed E-state index contributed by atoms with van der Waals surface area (Å²) in [5.41, 5.74) is 3.14. The quantitative estimate of drug-likeness (QED) is 0.886. The summed E-state index contributed by atoms with van der Waals surface area (Å²) in [6, 6.07) is 6.09. The Balaban J connectivity index is 2.18. The number of imidazole rings is 1. The lowest BCUT2D eigenvalue weighted by Gasteiger charge is -2.13. The van der Waals surface area contributed by atoms with Crippen molar-refractivity contribution in [3.8, 4) is 0 Å². The lowest BCUT2D eigenvalue weighted by Crippen LogP contribution is -2.12. The first-order chi connectivity index (χ1) is 8.86. The highest BCUT2D eigenvalue weighted by Crippen LogP contribution is 2.23. The number of carboxylic acid groups (broad SMARTS) is 1. The molecule has 4 nitrogen and oxygen atoms in total. The lowest BCUT2D eigenvalue weighted by molar-refractivity contribution is -0.137. The predicted octanol–water partition coefficient (Wildman–Crippen LogP) is 3.27. The van der Waals surface area contributed by atoms with Crippen LogP contribution in [0.25, 0.3) is 11.0 Å². The fourth-order valence-corrected chi connectivity index (χ4v) is 2.01. The molecule has 0 amide bonds. The number of nitrogens with zero attached hydrogens (tertiary/aromatic N) is 1. The molecule has 102 valence electrons. The van der Waals surface area contributed by atoms with Gasteiger partial charge in [0.1, 0.15) is 5.82 Å². The average molecular weight is 260 g/mol. The van der Waals surface area contributed by atoms with Gasteiger partial charge in [0.05, 0.1) is 11.0 Å². The zero-order valence-corrected chi connectivity index (χ0v) is 11.7. The molecule has 1 aromatic carbocycles. The molecule has 0 atom stereocenters. The van der Waals surface area contributed by atoms with Crippen molar-refractivity contribution in [3.63, 3.8) is 0 Å². The van der Waals surface area contributed by atoms with Gasteiger partial charge in [-0.15, -0.1) is 0 Å². The van der Waals surface area contributed by atoms with Crippen molar-refractivity contribution in [2.75, 3.05) is 0 Å². The Labute approximate surface area is 112 Å². The van der Waals surface area contributed by atoms with Crippen molar-refractivity contribution in [3.05, 3.63) is 29.6 Å². The average Bonchev–Trinajstić information content (AvgIpc) is 2.71. The number of fused-ring (bicyclic) bond motifs is 1. The fraction of sp³-hybridized carbons (Fsp3) is 0.467. The zero-order valence-electron chi connectivity index (χ0n) is 11.7. The Hall–Kier alpha value is -1.84. The van der Waals surface area contributed by atoms with E-state index < -0.39 is 5.97 Å². The van der Waals surface area contributed by atoms with Gasteiger partial charge in [0.25, 0.3) is 0 Å². The highest BCUT2D eigenvalue weighted by atomic mass is 16.4. The number of carbonyl (C=O) groups is 1. The van der Waals surface area contributed by atoms with Gasteiger partial charge in [-0.2, -0.15) is 0 Å². The topological polar surface area (TPSA) is 66.0 Å². The van der Waals surface area contributed by atoms with Crippen LogP contribution in [0.4, 0.5) is 0 Å². The molecule has 0 saturated carbocycles. The second-order valence-corrected chi connectivity index (χ2v) is 5.93. The summed E-state index contributed by atoms with van der Waals surface area (Å²) < 4.78 is 0. The minimum atomic E-state index is -0.738. The Bertz CT molecular complexity index is 594. The number of nitrogens with one attached hydrogen (secondary N) is 1. The summed E-state index contributed by atoms with van der Waals surface area (Å²) in [5, 5.41) is 8.64. The van der Waals surface area contributed by atoms with Crippen LogP contribution in [0.3, 0.4) is 0 Å². The number of aliphatic carboxylic acids is 1. The van der Waals surface area contributed by atoms with Crippen molar-refractivity contribution in [2.24, 2.45) is 0 Å². The maximum absolute atomic E-state index is 10.5. The van der Waals surface area contributed by atoms with Gasteiger partial charge >= 0.3 is 5.97 Å². The Morgan fingerprint density at radius 1 is 1.37 bits per heavy atom. The third-order valence-corrected chi connectivity index (χ3v) is 3.11. The van der Waals surface area contributed by atoms with Gasteiger partial charge in [0.2, 0.25) is 0 Å². The second-order valence-electron chi connectivity index (χ2n) is 5.93. The van der Waals surface area contributed by atoms with Crippen molar-refractivity contribution >= 4 is 17.0 Å². The third kappa shape index (κ3) is 3.34. The summed E-state index contributed by atoms with van der Waals surface area (Å²) >= 11 is 0. The molecular weight excluding hydrogens is 240 g/mol. The molecule has 0 radical (unpaired) electrons. The molecular formula is C15H20N2O2. The third-order valence-electron chi connectivity index (χ3n) is 3.11. The van der Waals surface area contributed by atoms with Gasteiger partial charge in [0, 0.05) is 11.8 Å². The molecule has 0 aliphatic rings. The molecule has 0 saturated heterocycles. The van der Waals surface area contributed by atoms with E-state index in [1.54, 1.807) is 0 Å². The minimum Gasteiger partial charge on any atom is -0.481 e. The number of benzene rings is 1. The molecule has 0 aliphatic carbocycles. The SMILES string of the molecule is CC(C)(C)c1nc2ccc(CCCC(=O)O)cc2[nH]1. The van der Waals surface area contributed by atoms with E-state index in [1.165, 1.54) is 0 Å². The van der Waals surface area contributed by atoms with Crippen LogP contribution in [0, 0.1) is 0 Å². The number of carboxylic acids is 1. The fourth-order valence-electron chi connectivity index (χ4n) is 2.01. The van der Waals surface area contributed by atoms with E-state index in [0.717, 1.165) is 28.8 Å². The molecule has 2 N–H and O–H groups in total. The first-order valence-corrected chi connectivity index (χ1v) is 6.57. The molecule has 0 bridgehead atoms. The standard InChI is InChI=1S/C15H20N2O2/c1-15(2,3)14-16-11-8-7-10(9-12(11)17-14)5-4-6-13(18)19/h7-9H,4-6H2,1-3H3,(H,16,17)(H,18,19). The van der Waals surface area contributed by atoms with E-state index in [-0.39, 0.29) is 11.8 Å². The molecule has 0 aliphatic heterocycles. The molecule has 2 rings (SSSR count). The van der Waals surface area contributed by atoms with Crippen LogP contribution in [0.1, 0.15) is 45.0 Å². The summed E-state index contributed by atoms with van der Waals surface area (Å²) in [6.07, 6.45) is 1.67. The Morgan fingerprint density at radius 3 is 2.74 bits per heavy atom. The van der Waals surface area contributed by atoms with E-state index in [2.05, 4.69) is 36.8 Å². The first-order valence-electron chi connectivity index (χ1n) is 6.57. The zero-order chi connectivity index (χ0) is 14.0. The van der Waals surface area contributed by atoms with E-state index in [0.29, 0.717) is 6.42 Å². The van der Waals surface area contributed by atoms with Gasteiger partial charge in [-0.1, -0.05) is 26.8 Å². The molecule has 2 aromatic rings. The van der Waals surface area contributed by atoms with Crippen LogP contribution in [-0.4, -0.2) is 21.0 Å². The van der Waals surface area contributed by atoms with Crippen LogP contribution in [0.5, 0.6) is 0 Å². The Morgan fingerprint density at radius 2 is 2.11 bits per heavy atom. The molecule has 0 fully saturated rings. The number of hydrogen-bond acceptors (Lipinski definition) is 2. The maximum Gasteiger partial charge on any atom is 0.303 e. The number of hydrogen-bond donors (Lipinski definition) is 2. The molecule has 1 heterocycles. The predicted molar refractivity (Wildman–Crippen MR) is 75.4 cm³/mol. The molecule has 1 aromatic heterocycles. The van der Waals surface area contributed by atoms with Crippen molar-refractivity contribution in [1.82, 2.24) is 9.97 Å². The van der Waals surface area contributed by atoms with Crippen LogP contribution in [-0.2, 0) is 16.6 Å². The van der Waals surface area contributed by atoms with Gasteiger partial charge in [-0.05, 0) is 30.5 Å². The summed E-state index contributed by atoms with van der Waals surface area (Å²) in [6.45, 7) is 6.37. The largest absolute Gasteiger partial charge is 0.481 e. The summed E-state index contributed by atoms with van der Waals surface area (Å²) in [4.78, 5) is 18.4. The summed E-state index contributed by atoms with van der Waals surface area (Å²) in [5.74, 6) is 0.239. The van der Waals surface area contributed by atoms with Gasteiger partial charge < -0.3 is 10.1 Å². The van der Waals surface area contributed by atoms with Crippen LogP contribution < -0.4 is 0 Å². The number of aromatic amines is 1. The summed E-state index contributed by atoms with van der Waals surface area (Å²) in [7, 11) is 0.